The van der Waals surface area contributed by atoms with Crippen LogP contribution in [0.15, 0.2) is 35.6 Å². The number of carboxylic acids is 1. The highest BCUT2D eigenvalue weighted by atomic mass is 35.5. The molecule has 1 aromatic carbocycles. The lowest BCUT2D eigenvalue weighted by molar-refractivity contribution is -0.137. The van der Waals surface area contributed by atoms with E-state index in [1.807, 2.05) is 0 Å². The maximum Gasteiger partial charge on any atom is 0.305 e. The van der Waals surface area contributed by atoms with Crippen molar-refractivity contribution in [3.63, 3.8) is 0 Å². The molecule has 0 saturated heterocycles. The Hall–Kier alpha value is -3.64. The van der Waals surface area contributed by atoms with E-state index in [0.717, 1.165) is 0 Å². The molecule has 1 aromatic heterocycles. The molecule has 2 unspecified atom stereocenters. The van der Waals surface area contributed by atoms with Gasteiger partial charge in [-0.3, -0.25) is 19.4 Å². The first kappa shape index (κ1) is 26.0. The Balaban J connectivity index is 1.62. The maximum atomic E-state index is 13.2. The van der Waals surface area contributed by atoms with Crippen molar-refractivity contribution >= 4 is 52.6 Å². The fourth-order valence-electron chi connectivity index (χ4n) is 3.14. The number of anilines is 1. The van der Waals surface area contributed by atoms with E-state index in [2.05, 4.69) is 31.2 Å². The molecule has 35 heavy (non-hydrogen) atoms. The first-order valence-corrected chi connectivity index (χ1v) is 11.0. The van der Waals surface area contributed by atoms with E-state index in [1.165, 1.54) is 30.6 Å². The molecule has 0 radical (unpaired) electrons. The van der Waals surface area contributed by atoms with Gasteiger partial charge in [-0.05, 0) is 18.2 Å². The zero-order chi connectivity index (χ0) is 25.5. The number of carbonyl (C=O) groups excluding carboxylic acids is 2. The highest BCUT2D eigenvalue weighted by Crippen LogP contribution is 2.36. The first-order valence-electron chi connectivity index (χ1n) is 10.2. The number of hydrogen-bond acceptors (Lipinski definition) is 8. The van der Waals surface area contributed by atoms with Crippen molar-refractivity contribution in [2.45, 2.75) is 18.6 Å². The number of pyridine rings is 1. The number of aromatic nitrogens is 1. The van der Waals surface area contributed by atoms with Gasteiger partial charge in [0.15, 0.2) is 5.96 Å². The summed E-state index contributed by atoms with van der Waals surface area (Å²) in [7, 11) is 0. The van der Waals surface area contributed by atoms with Gasteiger partial charge in [0.2, 0.25) is 5.91 Å². The minimum Gasteiger partial charge on any atom is -0.506 e. The molecular formula is C21H21Cl2FN6O5. The quantitative estimate of drug-likeness (QED) is 0.303. The highest BCUT2D eigenvalue weighted by Gasteiger charge is 2.23. The number of halogens is 3. The van der Waals surface area contributed by atoms with Crippen molar-refractivity contribution < 1.29 is 29.0 Å². The number of rotatable bonds is 8. The summed E-state index contributed by atoms with van der Waals surface area (Å²) >= 11 is 11.8. The zero-order valence-electron chi connectivity index (χ0n) is 18.0. The third-order valence-electron chi connectivity index (χ3n) is 4.76. The Morgan fingerprint density at radius 1 is 1.23 bits per heavy atom. The van der Waals surface area contributed by atoms with Crippen LogP contribution in [0.2, 0.25) is 10.0 Å². The van der Waals surface area contributed by atoms with Gasteiger partial charge in [-0.1, -0.05) is 23.2 Å². The molecule has 3 rings (SSSR count). The lowest BCUT2D eigenvalue weighted by Crippen LogP contribution is -2.41. The third kappa shape index (κ3) is 7.42. The average Bonchev–Trinajstić information content (AvgIpc) is 2.81. The second kappa shape index (κ2) is 11.7. The van der Waals surface area contributed by atoms with Crippen LogP contribution >= 0.6 is 23.2 Å². The van der Waals surface area contributed by atoms with Crippen LogP contribution in [0.25, 0.3) is 0 Å². The van der Waals surface area contributed by atoms with E-state index in [9.17, 15) is 29.0 Å². The summed E-state index contributed by atoms with van der Waals surface area (Å²) < 4.78 is 13.2. The number of phenolic OH excluding ortho intramolecular Hbond substituents is 1. The molecule has 6 N–H and O–H groups in total. The van der Waals surface area contributed by atoms with Gasteiger partial charge >= 0.3 is 5.97 Å². The molecule has 0 aliphatic carbocycles. The Bertz CT molecular complexity index is 1170. The van der Waals surface area contributed by atoms with E-state index in [1.54, 1.807) is 0 Å². The van der Waals surface area contributed by atoms with Crippen LogP contribution in [0.1, 0.15) is 28.4 Å². The lowest BCUT2D eigenvalue weighted by atomic mass is 10.0. The summed E-state index contributed by atoms with van der Waals surface area (Å²) in [4.78, 5) is 44.2. The Kier molecular flexibility index (Phi) is 8.66. The SMILES string of the molecule is O=C(O)CC(NC(=O)CNC(=O)c1cncc(NC2=NCC(F)CN2)c1)c1cc(Cl)cc(Cl)c1O. The number of benzene rings is 1. The van der Waals surface area contributed by atoms with E-state index in [0.29, 0.717) is 11.6 Å². The standard InChI is InChI=1S/C21H21Cl2FN6O5/c22-11-2-14(19(34)15(23)3-11)16(4-18(32)33)30-17(31)9-26-20(35)10-1-13(8-25-5-10)29-21-27-6-12(24)7-28-21/h1-3,5,8,12,16,34H,4,6-7,9H2,(H,26,35)(H,30,31)(H,32,33)(H2,27,28,29). The van der Waals surface area contributed by atoms with Gasteiger partial charge in [0, 0.05) is 16.8 Å². The fraction of sp³-hybridized carbons (Fsp3) is 0.286. The second-order valence-corrected chi connectivity index (χ2v) is 8.32. The van der Waals surface area contributed by atoms with E-state index < -0.39 is 48.7 Å². The number of nitrogens with zero attached hydrogens (tertiary/aromatic N) is 2. The van der Waals surface area contributed by atoms with Crippen LogP contribution in [0.5, 0.6) is 5.75 Å². The summed E-state index contributed by atoms with van der Waals surface area (Å²) in [6.45, 7) is -0.371. The van der Waals surface area contributed by atoms with Crippen LogP contribution in [-0.4, -0.2) is 64.7 Å². The number of phenols is 1. The molecule has 2 atom stereocenters. The van der Waals surface area contributed by atoms with E-state index in [-0.39, 0.29) is 34.3 Å². The smallest absolute Gasteiger partial charge is 0.305 e. The van der Waals surface area contributed by atoms with Gasteiger partial charge in [-0.15, -0.1) is 0 Å². The number of carbonyl (C=O) groups is 3. The van der Waals surface area contributed by atoms with Gasteiger partial charge in [0.1, 0.15) is 11.9 Å². The molecule has 0 fully saturated rings. The molecule has 2 amide bonds. The summed E-state index contributed by atoms with van der Waals surface area (Å²) in [6.07, 6.45) is 1.08. The van der Waals surface area contributed by atoms with E-state index >= 15 is 0 Å². The topological polar surface area (TPSA) is 165 Å². The molecule has 11 nitrogen and oxygen atoms in total. The molecule has 0 spiro atoms. The van der Waals surface area contributed by atoms with Crippen LogP contribution in [0.4, 0.5) is 10.1 Å². The molecule has 2 heterocycles. The summed E-state index contributed by atoms with van der Waals surface area (Å²) in [5, 5.41) is 29.9. The number of guanidine groups is 1. The molecule has 186 valence electrons. The number of alkyl halides is 1. The number of hydrogen-bond donors (Lipinski definition) is 6. The highest BCUT2D eigenvalue weighted by molar-refractivity contribution is 6.35. The van der Waals surface area contributed by atoms with Crippen LogP contribution < -0.4 is 21.3 Å². The van der Waals surface area contributed by atoms with Crippen molar-refractivity contribution in [3.05, 3.63) is 51.8 Å². The molecule has 0 saturated carbocycles. The fourth-order valence-corrected chi connectivity index (χ4v) is 3.65. The van der Waals surface area contributed by atoms with Crippen LogP contribution in [0, 0.1) is 0 Å². The predicted octanol–water partition coefficient (Wildman–Crippen LogP) is 1.87. The third-order valence-corrected chi connectivity index (χ3v) is 5.26. The molecule has 14 heteroatoms. The summed E-state index contributed by atoms with van der Waals surface area (Å²) in [6, 6.07) is 2.87. The van der Waals surface area contributed by atoms with Gasteiger partial charge in [0.25, 0.3) is 5.91 Å². The minimum atomic E-state index is -1.25. The minimum absolute atomic E-state index is 0.0140. The Morgan fingerprint density at radius 3 is 2.69 bits per heavy atom. The van der Waals surface area contributed by atoms with Gasteiger partial charge in [0.05, 0.1) is 54.6 Å². The summed E-state index contributed by atoms with van der Waals surface area (Å²) in [5.74, 6) is -2.66. The zero-order valence-corrected chi connectivity index (χ0v) is 19.5. The summed E-state index contributed by atoms with van der Waals surface area (Å²) in [5.41, 5.74) is 0.565. The lowest BCUT2D eigenvalue weighted by Gasteiger charge is -2.20. The average molecular weight is 527 g/mol. The number of aromatic hydroxyl groups is 1. The molecule has 2 aromatic rings. The Morgan fingerprint density at radius 2 is 2.00 bits per heavy atom. The number of amides is 2. The van der Waals surface area contributed by atoms with Gasteiger partial charge < -0.3 is 31.5 Å². The number of carboxylic acid groups (broad SMARTS) is 1. The molecule has 1 aliphatic rings. The number of nitrogens with one attached hydrogen (secondary N) is 4. The molecular weight excluding hydrogens is 506 g/mol. The van der Waals surface area contributed by atoms with Crippen LogP contribution in [-0.2, 0) is 9.59 Å². The number of aliphatic imine (C=N–C) groups is 1. The van der Waals surface area contributed by atoms with Crippen molar-refractivity contribution in [1.29, 1.82) is 0 Å². The van der Waals surface area contributed by atoms with Crippen molar-refractivity contribution in [1.82, 2.24) is 20.9 Å². The molecule has 1 aliphatic heterocycles. The van der Waals surface area contributed by atoms with Crippen molar-refractivity contribution in [2.75, 3.05) is 25.0 Å². The van der Waals surface area contributed by atoms with Crippen LogP contribution in [0.3, 0.4) is 0 Å². The first-order chi connectivity index (χ1) is 16.6. The number of aliphatic carboxylic acids is 1. The predicted molar refractivity (Wildman–Crippen MR) is 127 cm³/mol. The normalized spacial score (nSPS) is 15.9. The van der Waals surface area contributed by atoms with Crippen molar-refractivity contribution in [3.8, 4) is 5.75 Å². The second-order valence-electron chi connectivity index (χ2n) is 7.48. The van der Waals surface area contributed by atoms with Crippen molar-refractivity contribution in [2.24, 2.45) is 4.99 Å². The largest absolute Gasteiger partial charge is 0.506 e. The maximum absolute atomic E-state index is 13.2. The van der Waals surface area contributed by atoms with E-state index in [4.69, 9.17) is 23.2 Å². The van der Waals surface area contributed by atoms with Gasteiger partial charge in [-0.25, -0.2) is 9.38 Å². The Labute approximate surface area is 208 Å². The monoisotopic (exact) mass is 526 g/mol. The molecule has 0 bridgehead atoms. The van der Waals surface area contributed by atoms with Gasteiger partial charge in [-0.2, -0.15) is 0 Å².